The fourth-order valence-electron chi connectivity index (χ4n) is 3.75. The zero-order valence-electron chi connectivity index (χ0n) is 14.2. The molecule has 0 radical (unpaired) electrons. The number of aryl methyl sites for hydroxylation is 1. The summed E-state index contributed by atoms with van der Waals surface area (Å²) in [4.78, 5) is 26.6. The van der Waals surface area contributed by atoms with Crippen molar-refractivity contribution in [2.75, 3.05) is 39.9 Å². The third kappa shape index (κ3) is 3.10. The molecule has 2 N–H and O–H groups in total. The Morgan fingerprint density at radius 3 is 3.04 bits per heavy atom. The van der Waals surface area contributed by atoms with Gasteiger partial charge in [0.15, 0.2) is 0 Å². The minimum atomic E-state index is -0.506. The minimum absolute atomic E-state index is 0.0152. The number of amides is 3. The first-order valence-corrected chi connectivity index (χ1v) is 8.35. The summed E-state index contributed by atoms with van der Waals surface area (Å²) in [6.45, 7) is 2.67. The Bertz CT molecular complexity index is 617. The second-order valence-corrected chi connectivity index (χ2v) is 6.64. The number of aromatic nitrogens is 2. The van der Waals surface area contributed by atoms with E-state index < -0.39 is 5.41 Å². The van der Waals surface area contributed by atoms with Crippen LogP contribution in [0.4, 0.5) is 4.79 Å². The molecule has 0 unspecified atom stereocenters. The second kappa shape index (κ2) is 6.80. The molecule has 0 aromatic carbocycles. The van der Waals surface area contributed by atoms with Gasteiger partial charge in [0, 0.05) is 52.5 Å². The van der Waals surface area contributed by atoms with Crippen molar-refractivity contribution in [3.63, 3.8) is 0 Å². The molecular formula is C16H25N5O3. The standard InChI is InChI=1S/C16H25N5O3/c1-17-14(22)16-4-6-24-10-13(16)9-21(11-16)15(23)18-5-3-12-7-19-20(2)8-12/h7-8,13H,3-6,9-11H2,1-2H3,(H,17,22)(H,18,23)/t13-,16+/m0/s1. The molecule has 3 amide bonds. The number of carbonyl (C=O) groups excluding carboxylic acids is 2. The van der Waals surface area contributed by atoms with Crippen LogP contribution < -0.4 is 10.6 Å². The van der Waals surface area contributed by atoms with Crippen molar-refractivity contribution >= 4 is 11.9 Å². The number of likely N-dealkylation sites (tertiary alicyclic amines) is 1. The Morgan fingerprint density at radius 1 is 1.50 bits per heavy atom. The number of fused-ring (bicyclic) bond motifs is 1. The largest absolute Gasteiger partial charge is 0.381 e. The van der Waals surface area contributed by atoms with Crippen LogP contribution in [0.25, 0.3) is 0 Å². The highest BCUT2D eigenvalue weighted by Gasteiger charge is 2.54. The SMILES string of the molecule is CNC(=O)[C@@]12CCOC[C@@H]1CN(C(=O)NCCc1cnn(C)c1)C2. The van der Waals surface area contributed by atoms with Crippen molar-refractivity contribution in [1.29, 1.82) is 0 Å². The molecule has 24 heavy (non-hydrogen) atoms. The van der Waals surface area contributed by atoms with Crippen molar-refractivity contribution in [3.05, 3.63) is 18.0 Å². The van der Waals surface area contributed by atoms with Gasteiger partial charge in [0.2, 0.25) is 5.91 Å². The Balaban J connectivity index is 1.57. The predicted octanol–water partition coefficient (Wildman–Crippen LogP) is -0.243. The summed E-state index contributed by atoms with van der Waals surface area (Å²) in [5.41, 5.74) is 0.580. The Labute approximate surface area is 141 Å². The number of hydrogen-bond donors (Lipinski definition) is 2. The fraction of sp³-hybridized carbons (Fsp3) is 0.688. The molecule has 0 saturated carbocycles. The first-order valence-electron chi connectivity index (χ1n) is 8.35. The highest BCUT2D eigenvalue weighted by Crippen LogP contribution is 2.42. The molecule has 0 bridgehead atoms. The van der Waals surface area contributed by atoms with Crippen LogP contribution in [0, 0.1) is 11.3 Å². The zero-order valence-corrected chi connectivity index (χ0v) is 14.2. The van der Waals surface area contributed by atoms with E-state index in [1.165, 1.54) is 0 Å². The van der Waals surface area contributed by atoms with Crippen LogP contribution in [0.1, 0.15) is 12.0 Å². The number of nitrogens with one attached hydrogen (secondary N) is 2. The highest BCUT2D eigenvalue weighted by atomic mass is 16.5. The zero-order chi connectivity index (χ0) is 17.2. The molecule has 1 aromatic rings. The number of nitrogens with zero attached hydrogens (tertiary/aromatic N) is 3. The summed E-state index contributed by atoms with van der Waals surface area (Å²) in [6.07, 6.45) is 5.14. The van der Waals surface area contributed by atoms with Crippen molar-refractivity contribution < 1.29 is 14.3 Å². The molecule has 2 saturated heterocycles. The van der Waals surface area contributed by atoms with Crippen molar-refractivity contribution in [2.24, 2.45) is 18.4 Å². The molecule has 2 aliphatic rings. The van der Waals surface area contributed by atoms with Gasteiger partial charge in [-0.25, -0.2) is 4.79 Å². The van der Waals surface area contributed by atoms with E-state index >= 15 is 0 Å². The van der Waals surface area contributed by atoms with E-state index in [4.69, 9.17) is 4.74 Å². The lowest BCUT2D eigenvalue weighted by molar-refractivity contribution is -0.138. The Kier molecular flexibility index (Phi) is 4.75. The number of ether oxygens (including phenoxy) is 1. The van der Waals surface area contributed by atoms with Gasteiger partial charge in [0.1, 0.15) is 0 Å². The highest BCUT2D eigenvalue weighted by molar-refractivity contribution is 5.85. The maximum absolute atomic E-state index is 12.5. The third-order valence-electron chi connectivity index (χ3n) is 5.12. The van der Waals surface area contributed by atoms with Crippen LogP contribution in [0.2, 0.25) is 0 Å². The Morgan fingerprint density at radius 2 is 2.33 bits per heavy atom. The monoisotopic (exact) mass is 335 g/mol. The van der Waals surface area contributed by atoms with Crippen molar-refractivity contribution in [3.8, 4) is 0 Å². The van der Waals surface area contributed by atoms with Gasteiger partial charge in [-0.1, -0.05) is 0 Å². The van der Waals surface area contributed by atoms with E-state index in [-0.39, 0.29) is 17.9 Å². The van der Waals surface area contributed by atoms with Crippen LogP contribution in [0.5, 0.6) is 0 Å². The van der Waals surface area contributed by atoms with Gasteiger partial charge in [0.05, 0.1) is 18.2 Å². The van der Waals surface area contributed by atoms with Crippen LogP contribution in [0.3, 0.4) is 0 Å². The number of urea groups is 1. The second-order valence-electron chi connectivity index (χ2n) is 6.64. The minimum Gasteiger partial charge on any atom is -0.381 e. The van der Waals surface area contributed by atoms with E-state index in [2.05, 4.69) is 15.7 Å². The summed E-state index contributed by atoms with van der Waals surface area (Å²) >= 11 is 0. The third-order valence-corrected chi connectivity index (χ3v) is 5.12. The van der Waals surface area contributed by atoms with Crippen molar-refractivity contribution in [2.45, 2.75) is 12.8 Å². The topological polar surface area (TPSA) is 88.5 Å². The normalized spacial score (nSPS) is 26.1. The lowest BCUT2D eigenvalue weighted by atomic mass is 9.73. The number of carbonyl (C=O) groups is 2. The molecule has 132 valence electrons. The summed E-state index contributed by atoms with van der Waals surface area (Å²) in [6, 6.07) is -0.114. The summed E-state index contributed by atoms with van der Waals surface area (Å²) in [7, 11) is 3.52. The van der Waals surface area contributed by atoms with E-state index in [1.54, 1.807) is 22.8 Å². The maximum Gasteiger partial charge on any atom is 0.317 e. The van der Waals surface area contributed by atoms with Gasteiger partial charge >= 0.3 is 6.03 Å². The van der Waals surface area contributed by atoms with Gasteiger partial charge in [-0.15, -0.1) is 0 Å². The van der Waals surface area contributed by atoms with Crippen LogP contribution >= 0.6 is 0 Å². The maximum atomic E-state index is 12.5. The van der Waals surface area contributed by atoms with E-state index in [1.807, 2.05) is 13.2 Å². The van der Waals surface area contributed by atoms with Gasteiger partial charge < -0.3 is 20.3 Å². The molecule has 2 atom stereocenters. The van der Waals surface area contributed by atoms with Crippen LogP contribution in [-0.4, -0.2) is 66.5 Å². The number of hydrogen-bond acceptors (Lipinski definition) is 4. The van der Waals surface area contributed by atoms with Gasteiger partial charge in [-0.2, -0.15) is 5.10 Å². The lowest BCUT2D eigenvalue weighted by Crippen LogP contribution is -2.50. The Hall–Kier alpha value is -2.09. The van der Waals surface area contributed by atoms with Gasteiger partial charge in [-0.05, 0) is 18.4 Å². The molecular weight excluding hydrogens is 310 g/mol. The summed E-state index contributed by atoms with van der Waals surface area (Å²) in [5.74, 6) is 0.0803. The first kappa shape index (κ1) is 16.8. The van der Waals surface area contributed by atoms with Gasteiger partial charge in [0.25, 0.3) is 0 Å². The molecule has 8 nitrogen and oxygen atoms in total. The first-order chi connectivity index (χ1) is 11.5. The summed E-state index contributed by atoms with van der Waals surface area (Å²) < 4.78 is 7.27. The van der Waals surface area contributed by atoms with Crippen LogP contribution in [-0.2, 0) is 23.0 Å². The van der Waals surface area contributed by atoms with Crippen molar-refractivity contribution in [1.82, 2.24) is 25.3 Å². The molecule has 1 aromatic heterocycles. The summed E-state index contributed by atoms with van der Waals surface area (Å²) in [5, 5.41) is 9.82. The van der Waals surface area contributed by atoms with Gasteiger partial charge in [-0.3, -0.25) is 9.48 Å². The average molecular weight is 335 g/mol. The lowest BCUT2D eigenvalue weighted by Gasteiger charge is -2.36. The molecule has 0 spiro atoms. The number of rotatable bonds is 4. The molecule has 3 rings (SSSR count). The smallest absolute Gasteiger partial charge is 0.317 e. The molecule has 8 heteroatoms. The molecule has 0 aliphatic carbocycles. The van der Waals surface area contributed by atoms with E-state index in [9.17, 15) is 9.59 Å². The fourth-order valence-corrected chi connectivity index (χ4v) is 3.75. The molecule has 2 fully saturated rings. The van der Waals surface area contributed by atoms with E-state index in [0.717, 1.165) is 12.0 Å². The predicted molar refractivity (Wildman–Crippen MR) is 87.3 cm³/mol. The molecule has 3 heterocycles. The van der Waals surface area contributed by atoms with Crippen LogP contribution in [0.15, 0.2) is 12.4 Å². The quantitative estimate of drug-likeness (QED) is 0.795. The molecule has 2 aliphatic heterocycles. The average Bonchev–Trinajstić information content (AvgIpc) is 3.18. The van der Waals surface area contributed by atoms with E-state index in [0.29, 0.717) is 39.3 Å².